The van der Waals surface area contributed by atoms with E-state index in [0.717, 1.165) is 0 Å². The number of rotatable bonds is 1. The van der Waals surface area contributed by atoms with Crippen molar-refractivity contribution >= 4 is 53.8 Å². The number of carboxylic acids is 1. The van der Waals surface area contributed by atoms with Crippen LogP contribution in [0.25, 0.3) is 0 Å². The van der Waals surface area contributed by atoms with E-state index in [-0.39, 0.29) is 5.57 Å². The summed E-state index contributed by atoms with van der Waals surface area (Å²) in [7, 11) is 0. The maximum Gasteiger partial charge on any atom is 0.334 e. The van der Waals surface area contributed by atoms with Crippen LogP contribution in [-0.4, -0.2) is 13.2 Å². The Labute approximate surface area is 77.7 Å². The Hall–Kier alpha value is 0.650. The molecule has 0 heterocycles. The van der Waals surface area contributed by atoms with Gasteiger partial charge in [0.05, 0.1) is 5.57 Å². The largest absolute Gasteiger partial charge is 0.478 e. The van der Waals surface area contributed by atoms with Crippen LogP contribution in [0, 0.1) is 0 Å². The maximum absolute atomic E-state index is 10.2. The molecule has 9 heavy (non-hydrogen) atoms. The van der Waals surface area contributed by atoms with Gasteiger partial charge in [0.2, 0.25) is 0 Å². The summed E-state index contributed by atoms with van der Waals surface area (Å²) in [4.78, 5) is 10.2. The lowest BCUT2D eigenvalue weighted by molar-refractivity contribution is -0.132. The molecule has 0 radical (unpaired) electrons. The highest BCUT2D eigenvalue weighted by Gasteiger charge is 2.27. The average molecular weight is 323 g/mol. The highest BCUT2D eigenvalue weighted by Crippen LogP contribution is 2.39. The summed E-state index contributed by atoms with van der Waals surface area (Å²) in [5, 5.41) is 8.33. The molecule has 0 bridgehead atoms. The SMILES string of the molecule is C=C(C(=O)O)C(Br)(Br)Br. The summed E-state index contributed by atoms with van der Waals surface area (Å²) in [6, 6.07) is 0. The van der Waals surface area contributed by atoms with Gasteiger partial charge in [0.1, 0.15) is 0 Å². The Morgan fingerprint density at radius 3 is 1.78 bits per heavy atom. The summed E-state index contributed by atoms with van der Waals surface area (Å²) in [5.74, 6) is -1.05. The molecule has 0 aromatic rings. The van der Waals surface area contributed by atoms with E-state index in [1.54, 1.807) is 0 Å². The van der Waals surface area contributed by atoms with Gasteiger partial charge in [-0.15, -0.1) is 0 Å². The zero-order chi connectivity index (χ0) is 7.65. The second-order valence-electron chi connectivity index (χ2n) is 1.28. The van der Waals surface area contributed by atoms with Gasteiger partial charge >= 0.3 is 5.97 Å². The fourth-order valence-corrected chi connectivity index (χ4v) is 0.630. The van der Waals surface area contributed by atoms with Crippen molar-refractivity contribution in [1.29, 1.82) is 0 Å². The Balaban J connectivity index is 4.23. The molecule has 5 heteroatoms. The van der Waals surface area contributed by atoms with Crippen LogP contribution in [0.5, 0.6) is 0 Å². The van der Waals surface area contributed by atoms with Gasteiger partial charge in [-0.2, -0.15) is 0 Å². The number of carbonyl (C=O) groups is 1. The van der Waals surface area contributed by atoms with Crippen LogP contribution < -0.4 is 0 Å². The molecule has 0 fully saturated rings. The number of alkyl halides is 3. The van der Waals surface area contributed by atoms with Crippen molar-refractivity contribution in [3.8, 4) is 0 Å². The fourth-order valence-electron chi connectivity index (χ4n) is 0.121. The zero-order valence-corrected chi connectivity index (χ0v) is 8.95. The molecule has 0 aliphatic carbocycles. The molecule has 0 rings (SSSR count). The van der Waals surface area contributed by atoms with Gasteiger partial charge in [-0.1, -0.05) is 54.4 Å². The van der Waals surface area contributed by atoms with E-state index < -0.39 is 8.11 Å². The highest BCUT2D eigenvalue weighted by molar-refractivity contribution is 9.39. The van der Waals surface area contributed by atoms with Gasteiger partial charge in [0.15, 0.2) is 2.14 Å². The van der Waals surface area contributed by atoms with Crippen molar-refractivity contribution in [3.63, 3.8) is 0 Å². The van der Waals surface area contributed by atoms with Crippen LogP contribution in [-0.2, 0) is 4.79 Å². The van der Waals surface area contributed by atoms with Gasteiger partial charge in [-0.3, -0.25) is 0 Å². The van der Waals surface area contributed by atoms with Crippen molar-refractivity contribution < 1.29 is 9.90 Å². The predicted octanol–water partition coefficient (Wildman–Crippen LogP) is 2.47. The number of aliphatic carboxylic acids is 1. The molecule has 0 saturated heterocycles. The molecule has 0 aliphatic rings. The van der Waals surface area contributed by atoms with E-state index in [1.807, 2.05) is 0 Å². The molecule has 0 saturated carbocycles. The molecule has 0 aromatic heterocycles. The van der Waals surface area contributed by atoms with E-state index in [9.17, 15) is 4.79 Å². The van der Waals surface area contributed by atoms with Crippen LogP contribution in [0.15, 0.2) is 12.2 Å². The molecule has 2 nitrogen and oxygen atoms in total. The Bertz CT molecular complexity index is 146. The van der Waals surface area contributed by atoms with Crippen LogP contribution in [0.2, 0.25) is 0 Å². The second-order valence-corrected chi connectivity index (χ2v) is 8.04. The van der Waals surface area contributed by atoms with Gasteiger partial charge in [0.25, 0.3) is 0 Å². The predicted molar refractivity (Wildman–Crippen MR) is 46.3 cm³/mol. The first kappa shape index (κ1) is 9.65. The van der Waals surface area contributed by atoms with Gasteiger partial charge < -0.3 is 5.11 Å². The molecular weight excluding hydrogens is 320 g/mol. The molecule has 0 aromatic carbocycles. The Kier molecular flexibility index (Phi) is 3.39. The summed E-state index contributed by atoms with van der Waals surface area (Å²) >= 11 is 8.99. The van der Waals surface area contributed by atoms with Crippen LogP contribution in [0.4, 0.5) is 0 Å². The monoisotopic (exact) mass is 320 g/mol. The Morgan fingerprint density at radius 1 is 1.44 bits per heavy atom. The van der Waals surface area contributed by atoms with Crippen LogP contribution in [0.1, 0.15) is 0 Å². The van der Waals surface area contributed by atoms with E-state index in [4.69, 9.17) is 5.11 Å². The lowest BCUT2D eigenvalue weighted by Gasteiger charge is -2.09. The van der Waals surface area contributed by atoms with Crippen LogP contribution >= 0.6 is 47.8 Å². The zero-order valence-electron chi connectivity index (χ0n) is 4.20. The standard InChI is InChI=1S/C4H3Br3O2/c1-2(3(8)9)4(5,6)7/h1H2,(H,8,9). The fraction of sp³-hybridized carbons (Fsp3) is 0.250. The lowest BCUT2D eigenvalue weighted by atomic mass is 10.4. The minimum Gasteiger partial charge on any atom is -0.478 e. The van der Waals surface area contributed by atoms with E-state index in [2.05, 4.69) is 54.4 Å². The summed E-state index contributed by atoms with van der Waals surface area (Å²) in [6.45, 7) is 3.29. The molecule has 52 valence electrons. The first-order valence-corrected chi connectivity index (χ1v) is 4.23. The van der Waals surface area contributed by atoms with E-state index in [0.29, 0.717) is 0 Å². The van der Waals surface area contributed by atoms with Crippen LogP contribution in [0.3, 0.4) is 0 Å². The van der Waals surface area contributed by atoms with Crippen molar-refractivity contribution in [2.24, 2.45) is 0 Å². The third-order valence-electron chi connectivity index (χ3n) is 0.600. The number of carboxylic acid groups (broad SMARTS) is 1. The molecular formula is C4H3Br3O2. The summed E-state index contributed by atoms with van der Waals surface area (Å²) in [5.41, 5.74) is 0.00231. The summed E-state index contributed by atoms with van der Waals surface area (Å²) in [6.07, 6.45) is 0. The molecule has 1 N–H and O–H groups in total. The van der Waals surface area contributed by atoms with Gasteiger partial charge in [-0.25, -0.2) is 4.79 Å². The van der Waals surface area contributed by atoms with Crippen molar-refractivity contribution in [2.75, 3.05) is 0 Å². The average Bonchev–Trinajstić information content (AvgIpc) is 1.62. The minimum absolute atomic E-state index is 0.00231. The molecule has 0 atom stereocenters. The Morgan fingerprint density at radius 2 is 1.78 bits per heavy atom. The van der Waals surface area contributed by atoms with Gasteiger partial charge in [0, 0.05) is 0 Å². The smallest absolute Gasteiger partial charge is 0.334 e. The molecule has 0 amide bonds. The highest BCUT2D eigenvalue weighted by atomic mass is 80.0. The molecule has 0 spiro atoms. The first-order chi connectivity index (χ1) is 3.85. The normalized spacial score (nSPS) is 11.0. The van der Waals surface area contributed by atoms with E-state index in [1.165, 1.54) is 0 Å². The number of hydrogen-bond acceptors (Lipinski definition) is 1. The summed E-state index contributed by atoms with van der Waals surface area (Å²) < 4.78 is -0.876. The third-order valence-corrected chi connectivity index (χ3v) is 2.04. The molecule has 0 aliphatic heterocycles. The minimum atomic E-state index is -1.05. The number of halogens is 3. The van der Waals surface area contributed by atoms with E-state index >= 15 is 0 Å². The quantitative estimate of drug-likeness (QED) is 0.595. The second kappa shape index (κ2) is 3.16. The maximum atomic E-state index is 10.2. The van der Waals surface area contributed by atoms with Crippen molar-refractivity contribution in [2.45, 2.75) is 2.14 Å². The topological polar surface area (TPSA) is 37.3 Å². The molecule has 0 unspecified atom stereocenters. The van der Waals surface area contributed by atoms with Crippen molar-refractivity contribution in [3.05, 3.63) is 12.2 Å². The third kappa shape index (κ3) is 3.37. The number of hydrogen-bond donors (Lipinski definition) is 1. The van der Waals surface area contributed by atoms with Gasteiger partial charge in [-0.05, 0) is 0 Å². The van der Waals surface area contributed by atoms with Crippen molar-refractivity contribution in [1.82, 2.24) is 0 Å². The lowest BCUT2D eigenvalue weighted by Crippen LogP contribution is -2.12. The first-order valence-electron chi connectivity index (χ1n) is 1.85.